The van der Waals surface area contributed by atoms with Crippen LogP contribution in [0.2, 0.25) is 0 Å². The first-order valence-corrected chi connectivity index (χ1v) is 11.2. The minimum Gasteiger partial charge on any atom is -0.508 e. The average Bonchev–Trinajstić information content (AvgIpc) is 2.85. The van der Waals surface area contributed by atoms with Crippen molar-refractivity contribution in [3.05, 3.63) is 89.5 Å². The number of urea groups is 1. The summed E-state index contributed by atoms with van der Waals surface area (Å²) in [4.78, 5) is 27.4. The minimum absolute atomic E-state index is 0.0604. The van der Waals surface area contributed by atoms with Crippen molar-refractivity contribution in [1.29, 1.82) is 0 Å². The van der Waals surface area contributed by atoms with Crippen LogP contribution in [0.4, 0.5) is 10.5 Å². The van der Waals surface area contributed by atoms with E-state index < -0.39 is 0 Å². The van der Waals surface area contributed by atoms with Crippen LogP contribution in [0.25, 0.3) is 0 Å². The Kier molecular flexibility index (Phi) is 6.93. The maximum Gasteiger partial charge on any atom is 0.321 e. The highest BCUT2D eigenvalue weighted by atomic mass is 16.5. The van der Waals surface area contributed by atoms with Gasteiger partial charge in [-0.2, -0.15) is 0 Å². The van der Waals surface area contributed by atoms with Gasteiger partial charge in [-0.3, -0.25) is 4.79 Å². The van der Waals surface area contributed by atoms with Gasteiger partial charge >= 0.3 is 6.03 Å². The Morgan fingerprint density at radius 2 is 1.70 bits per heavy atom. The summed E-state index contributed by atoms with van der Waals surface area (Å²) < 4.78 is 6.00. The number of aryl methyl sites for hydroxylation is 1. The van der Waals surface area contributed by atoms with Crippen molar-refractivity contribution in [2.75, 3.05) is 18.4 Å². The number of amides is 2. The molecular formula is C27H28N2O4. The van der Waals surface area contributed by atoms with E-state index in [-0.39, 0.29) is 23.5 Å². The number of anilines is 1. The fourth-order valence-corrected chi connectivity index (χ4v) is 3.99. The lowest BCUT2D eigenvalue weighted by atomic mass is 9.89. The Morgan fingerprint density at radius 1 is 1.00 bits per heavy atom. The van der Waals surface area contributed by atoms with Gasteiger partial charge in [-0.05, 0) is 67.3 Å². The van der Waals surface area contributed by atoms with Crippen molar-refractivity contribution < 1.29 is 19.4 Å². The number of aromatic hydroxyl groups is 1. The summed E-state index contributed by atoms with van der Waals surface area (Å²) in [5, 5.41) is 12.4. The summed E-state index contributed by atoms with van der Waals surface area (Å²) in [7, 11) is 0. The third-order valence-corrected chi connectivity index (χ3v) is 5.92. The number of carbonyl (C=O) groups excluding carboxylic acids is 2. The summed E-state index contributed by atoms with van der Waals surface area (Å²) in [5.74, 6) is 0.707. The fraction of sp³-hybridized carbons (Fsp3) is 0.259. The number of ketones is 1. The molecule has 1 heterocycles. The zero-order valence-electron chi connectivity index (χ0n) is 18.7. The van der Waals surface area contributed by atoms with E-state index in [9.17, 15) is 14.7 Å². The average molecular weight is 445 g/mol. The van der Waals surface area contributed by atoms with Crippen LogP contribution in [-0.4, -0.2) is 34.9 Å². The largest absolute Gasteiger partial charge is 0.508 e. The monoisotopic (exact) mass is 444 g/mol. The van der Waals surface area contributed by atoms with E-state index in [1.165, 1.54) is 12.1 Å². The molecule has 2 N–H and O–H groups in total. The van der Waals surface area contributed by atoms with Crippen LogP contribution in [-0.2, 0) is 6.61 Å². The number of nitrogens with zero attached hydrogens (tertiary/aromatic N) is 1. The van der Waals surface area contributed by atoms with Crippen LogP contribution >= 0.6 is 0 Å². The van der Waals surface area contributed by atoms with Crippen LogP contribution in [0.5, 0.6) is 11.5 Å². The summed E-state index contributed by atoms with van der Waals surface area (Å²) in [6.45, 7) is 3.41. The van der Waals surface area contributed by atoms with Crippen molar-refractivity contribution in [2.45, 2.75) is 26.4 Å². The van der Waals surface area contributed by atoms with Gasteiger partial charge in [-0.1, -0.05) is 36.4 Å². The Morgan fingerprint density at radius 3 is 2.39 bits per heavy atom. The molecule has 0 spiro atoms. The number of rotatable bonds is 6. The fourth-order valence-electron chi connectivity index (χ4n) is 3.99. The standard InChI is InChI=1S/C27H28N2O4/c1-19-7-12-24(25(17-19)33-18-20-5-3-2-4-6-20)28-27(32)29-15-13-22(14-16-29)26(31)21-8-10-23(30)11-9-21/h2-12,17,22,30H,13-16,18H2,1H3,(H,28,32). The van der Waals surface area contributed by atoms with Gasteiger partial charge in [0, 0.05) is 24.6 Å². The number of carbonyl (C=O) groups is 2. The van der Waals surface area contributed by atoms with Crippen LogP contribution in [0.3, 0.4) is 0 Å². The number of ether oxygens (including phenoxy) is 1. The van der Waals surface area contributed by atoms with E-state index in [2.05, 4.69) is 5.32 Å². The number of nitrogens with one attached hydrogen (secondary N) is 1. The van der Waals surface area contributed by atoms with Crippen molar-refractivity contribution in [3.63, 3.8) is 0 Å². The number of hydrogen-bond acceptors (Lipinski definition) is 4. The number of benzene rings is 3. The maximum atomic E-state index is 12.9. The molecule has 0 unspecified atom stereocenters. The first kappa shape index (κ1) is 22.4. The molecule has 2 amide bonds. The molecule has 3 aromatic carbocycles. The molecule has 0 atom stereocenters. The Hall–Kier alpha value is -3.80. The second kappa shape index (κ2) is 10.2. The predicted octanol–water partition coefficient (Wildman–Crippen LogP) is 5.41. The molecule has 6 nitrogen and oxygen atoms in total. The van der Waals surface area contributed by atoms with E-state index in [0.717, 1.165) is 11.1 Å². The van der Waals surface area contributed by atoms with E-state index in [4.69, 9.17) is 4.74 Å². The second-order valence-electron chi connectivity index (χ2n) is 8.38. The van der Waals surface area contributed by atoms with E-state index in [0.29, 0.717) is 49.5 Å². The number of likely N-dealkylation sites (tertiary alicyclic amines) is 1. The number of piperidine rings is 1. The lowest BCUT2D eigenvalue weighted by Gasteiger charge is -2.31. The lowest BCUT2D eigenvalue weighted by Crippen LogP contribution is -2.42. The Labute approximate surface area is 193 Å². The highest BCUT2D eigenvalue weighted by molar-refractivity contribution is 5.98. The van der Waals surface area contributed by atoms with Crippen LogP contribution in [0.1, 0.15) is 34.3 Å². The SMILES string of the molecule is Cc1ccc(NC(=O)N2CCC(C(=O)c3ccc(O)cc3)CC2)c(OCc2ccccc2)c1. The van der Waals surface area contributed by atoms with Gasteiger partial charge in [0.25, 0.3) is 0 Å². The molecular weight excluding hydrogens is 416 g/mol. The minimum atomic E-state index is -0.195. The third kappa shape index (κ3) is 5.71. The predicted molar refractivity (Wildman–Crippen MR) is 128 cm³/mol. The van der Waals surface area contributed by atoms with Gasteiger partial charge in [0.2, 0.25) is 0 Å². The molecule has 0 radical (unpaired) electrons. The van der Waals surface area contributed by atoms with E-state index >= 15 is 0 Å². The summed E-state index contributed by atoms with van der Waals surface area (Å²) >= 11 is 0. The summed E-state index contributed by atoms with van der Waals surface area (Å²) in [6.07, 6.45) is 1.22. The highest BCUT2D eigenvalue weighted by Crippen LogP contribution is 2.28. The molecule has 0 aliphatic carbocycles. The third-order valence-electron chi connectivity index (χ3n) is 5.92. The van der Waals surface area contributed by atoms with E-state index in [1.807, 2.05) is 55.5 Å². The second-order valence-corrected chi connectivity index (χ2v) is 8.38. The number of hydrogen-bond donors (Lipinski definition) is 2. The van der Waals surface area contributed by atoms with Crippen LogP contribution in [0.15, 0.2) is 72.8 Å². The van der Waals surface area contributed by atoms with Gasteiger partial charge in [0.1, 0.15) is 18.1 Å². The zero-order valence-corrected chi connectivity index (χ0v) is 18.7. The smallest absolute Gasteiger partial charge is 0.321 e. The van der Waals surface area contributed by atoms with Crippen molar-refractivity contribution in [3.8, 4) is 11.5 Å². The van der Waals surface area contributed by atoms with Crippen molar-refractivity contribution in [2.24, 2.45) is 5.92 Å². The molecule has 1 aliphatic rings. The molecule has 3 aromatic rings. The molecule has 0 aromatic heterocycles. The van der Waals surface area contributed by atoms with Crippen LogP contribution < -0.4 is 10.1 Å². The lowest BCUT2D eigenvalue weighted by molar-refractivity contribution is 0.0859. The molecule has 170 valence electrons. The van der Waals surface area contributed by atoms with Crippen molar-refractivity contribution >= 4 is 17.5 Å². The molecule has 0 bridgehead atoms. The zero-order chi connectivity index (χ0) is 23.2. The normalized spacial score (nSPS) is 14.0. The summed E-state index contributed by atoms with van der Waals surface area (Å²) in [6, 6.07) is 21.7. The quantitative estimate of drug-likeness (QED) is 0.499. The molecule has 6 heteroatoms. The summed E-state index contributed by atoms with van der Waals surface area (Å²) in [5.41, 5.74) is 3.32. The molecule has 0 saturated carbocycles. The first-order chi connectivity index (χ1) is 16.0. The molecule has 1 saturated heterocycles. The van der Waals surface area contributed by atoms with Gasteiger partial charge in [-0.15, -0.1) is 0 Å². The number of phenolic OH excluding ortho intramolecular Hbond substituents is 1. The maximum absolute atomic E-state index is 12.9. The first-order valence-electron chi connectivity index (χ1n) is 11.2. The van der Waals surface area contributed by atoms with Gasteiger partial charge in [-0.25, -0.2) is 4.79 Å². The Balaban J connectivity index is 1.35. The highest BCUT2D eigenvalue weighted by Gasteiger charge is 2.28. The molecule has 4 rings (SSSR count). The van der Waals surface area contributed by atoms with Crippen LogP contribution in [0, 0.1) is 12.8 Å². The number of Topliss-reactive ketones (excluding diaryl/α,β-unsaturated/α-hetero) is 1. The number of phenols is 1. The Bertz CT molecular complexity index is 1100. The molecule has 1 fully saturated rings. The molecule has 1 aliphatic heterocycles. The van der Waals surface area contributed by atoms with Crippen molar-refractivity contribution in [1.82, 2.24) is 4.90 Å². The van der Waals surface area contributed by atoms with Gasteiger partial charge < -0.3 is 20.1 Å². The van der Waals surface area contributed by atoms with E-state index in [1.54, 1.807) is 17.0 Å². The topological polar surface area (TPSA) is 78.9 Å². The van der Waals surface area contributed by atoms with Gasteiger partial charge in [0.15, 0.2) is 5.78 Å². The molecule has 33 heavy (non-hydrogen) atoms. The van der Waals surface area contributed by atoms with Gasteiger partial charge in [0.05, 0.1) is 5.69 Å².